The molecule has 2 heteroatoms. The molecule has 3 unspecified atom stereocenters. The molecule has 1 N–H and O–H groups in total. The molecule has 1 heterocycles. The van der Waals surface area contributed by atoms with Gasteiger partial charge in [-0.15, -0.1) is 0 Å². The lowest BCUT2D eigenvalue weighted by atomic mass is 9.82. The molecule has 1 aliphatic rings. The number of rotatable bonds is 4. The van der Waals surface area contributed by atoms with Crippen LogP contribution in [0.5, 0.6) is 0 Å². The maximum atomic E-state index is 4.27. The van der Waals surface area contributed by atoms with Crippen LogP contribution < -0.4 is 5.32 Å². The van der Waals surface area contributed by atoms with Gasteiger partial charge in [0, 0.05) is 18.4 Å². The van der Waals surface area contributed by atoms with E-state index in [0.29, 0.717) is 6.04 Å². The number of nitrogens with zero attached hydrogens (tertiary/aromatic N) is 1. The molecule has 0 saturated heterocycles. The Labute approximate surface area is 111 Å². The third-order valence-electron chi connectivity index (χ3n) is 4.15. The number of hydrogen-bond acceptors (Lipinski definition) is 2. The molecule has 0 aromatic carbocycles. The van der Waals surface area contributed by atoms with Crippen molar-refractivity contribution in [2.24, 2.45) is 11.8 Å². The molecule has 100 valence electrons. The zero-order chi connectivity index (χ0) is 13.0. The minimum Gasteiger partial charge on any atom is -0.310 e. The van der Waals surface area contributed by atoms with Crippen molar-refractivity contribution < 1.29 is 0 Å². The van der Waals surface area contributed by atoms with E-state index in [1.54, 1.807) is 0 Å². The maximum Gasteiger partial charge on any atom is 0.0315 e. The van der Waals surface area contributed by atoms with Crippen molar-refractivity contribution in [1.82, 2.24) is 10.3 Å². The van der Waals surface area contributed by atoms with E-state index >= 15 is 0 Å². The summed E-state index contributed by atoms with van der Waals surface area (Å²) >= 11 is 0. The van der Waals surface area contributed by atoms with Gasteiger partial charge < -0.3 is 5.32 Å². The highest BCUT2D eigenvalue weighted by Gasteiger charge is 2.19. The van der Waals surface area contributed by atoms with Crippen LogP contribution >= 0.6 is 0 Å². The molecule has 1 aromatic heterocycles. The Morgan fingerprint density at radius 1 is 1.39 bits per heavy atom. The monoisotopic (exact) mass is 246 g/mol. The Morgan fingerprint density at radius 2 is 2.22 bits per heavy atom. The van der Waals surface area contributed by atoms with Crippen molar-refractivity contribution in [3.63, 3.8) is 0 Å². The SMILES string of the molecule is Cc1cncc(C(C)NCC2CCCC(C)C2)c1. The number of pyridine rings is 1. The van der Waals surface area contributed by atoms with Gasteiger partial charge in [0.25, 0.3) is 0 Å². The van der Waals surface area contributed by atoms with Crippen molar-refractivity contribution in [2.75, 3.05) is 6.54 Å². The first kappa shape index (κ1) is 13.5. The summed E-state index contributed by atoms with van der Waals surface area (Å²) in [7, 11) is 0. The first-order valence-electron chi connectivity index (χ1n) is 7.30. The molecule has 0 amide bonds. The third-order valence-corrected chi connectivity index (χ3v) is 4.15. The fourth-order valence-electron chi connectivity index (χ4n) is 3.02. The summed E-state index contributed by atoms with van der Waals surface area (Å²) in [6.07, 6.45) is 9.52. The molecular weight excluding hydrogens is 220 g/mol. The van der Waals surface area contributed by atoms with Gasteiger partial charge in [-0.2, -0.15) is 0 Å². The van der Waals surface area contributed by atoms with E-state index in [9.17, 15) is 0 Å². The molecule has 1 saturated carbocycles. The Balaban J connectivity index is 1.82. The van der Waals surface area contributed by atoms with Crippen molar-refractivity contribution in [1.29, 1.82) is 0 Å². The van der Waals surface area contributed by atoms with Crippen molar-refractivity contribution in [3.8, 4) is 0 Å². The fourth-order valence-corrected chi connectivity index (χ4v) is 3.02. The van der Waals surface area contributed by atoms with Crippen LogP contribution in [0.3, 0.4) is 0 Å². The summed E-state index contributed by atoms with van der Waals surface area (Å²) in [5.74, 6) is 1.79. The van der Waals surface area contributed by atoms with Gasteiger partial charge in [-0.3, -0.25) is 4.98 Å². The van der Waals surface area contributed by atoms with E-state index in [0.717, 1.165) is 18.4 Å². The van der Waals surface area contributed by atoms with Crippen molar-refractivity contribution in [2.45, 2.75) is 52.5 Å². The van der Waals surface area contributed by atoms with Crippen molar-refractivity contribution >= 4 is 0 Å². The highest BCUT2D eigenvalue weighted by Crippen LogP contribution is 2.28. The van der Waals surface area contributed by atoms with E-state index < -0.39 is 0 Å². The number of hydrogen-bond donors (Lipinski definition) is 1. The summed E-state index contributed by atoms with van der Waals surface area (Å²) in [4.78, 5) is 4.27. The van der Waals surface area contributed by atoms with Gasteiger partial charge in [0.05, 0.1) is 0 Å². The number of nitrogens with one attached hydrogen (secondary N) is 1. The van der Waals surface area contributed by atoms with E-state index in [2.05, 4.69) is 37.1 Å². The minimum absolute atomic E-state index is 0.412. The maximum absolute atomic E-state index is 4.27. The molecule has 2 nitrogen and oxygen atoms in total. The molecule has 0 spiro atoms. The summed E-state index contributed by atoms with van der Waals surface area (Å²) in [5.41, 5.74) is 2.55. The predicted molar refractivity (Wildman–Crippen MR) is 76.5 cm³/mol. The highest BCUT2D eigenvalue weighted by molar-refractivity contribution is 5.19. The zero-order valence-corrected chi connectivity index (χ0v) is 11.9. The summed E-state index contributed by atoms with van der Waals surface area (Å²) in [6, 6.07) is 2.64. The van der Waals surface area contributed by atoms with Crippen LogP contribution in [0.1, 0.15) is 56.7 Å². The lowest BCUT2D eigenvalue weighted by Crippen LogP contribution is -2.28. The summed E-state index contributed by atoms with van der Waals surface area (Å²) in [6.45, 7) is 7.88. The quantitative estimate of drug-likeness (QED) is 0.872. The second-order valence-corrected chi connectivity index (χ2v) is 6.06. The predicted octanol–water partition coefficient (Wildman–Crippen LogP) is 3.87. The van der Waals surface area contributed by atoms with E-state index in [4.69, 9.17) is 0 Å². The van der Waals surface area contributed by atoms with Crippen molar-refractivity contribution in [3.05, 3.63) is 29.6 Å². The van der Waals surface area contributed by atoms with Crippen LogP contribution in [0.25, 0.3) is 0 Å². The van der Waals surface area contributed by atoms with Crippen LogP contribution in [-0.4, -0.2) is 11.5 Å². The summed E-state index contributed by atoms with van der Waals surface area (Å²) in [5, 5.41) is 3.68. The van der Waals surface area contributed by atoms with Crippen LogP contribution in [0.4, 0.5) is 0 Å². The molecule has 2 rings (SSSR count). The van der Waals surface area contributed by atoms with Crippen LogP contribution in [0, 0.1) is 18.8 Å². The fraction of sp³-hybridized carbons (Fsp3) is 0.688. The standard InChI is InChI=1S/C16H26N2/c1-12-5-4-6-15(7-12)10-18-14(3)16-8-13(2)9-17-11-16/h8-9,11-12,14-15,18H,4-7,10H2,1-3H3. The molecule has 1 fully saturated rings. The van der Waals surface area contributed by atoms with Crippen LogP contribution in [0.15, 0.2) is 18.5 Å². The second kappa shape index (κ2) is 6.33. The zero-order valence-electron chi connectivity index (χ0n) is 11.9. The lowest BCUT2D eigenvalue weighted by Gasteiger charge is -2.28. The minimum atomic E-state index is 0.412. The lowest BCUT2D eigenvalue weighted by molar-refractivity contribution is 0.268. The molecule has 0 bridgehead atoms. The third kappa shape index (κ3) is 3.81. The molecule has 18 heavy (non-hydrogen) atoms. The van der Waals surface area contributed by atoms with Gasteiger partial charge in [0.1, 0.15) is 0 Å². The Morgan fingerprint density at radius 3 is 2.94 bits per heavy atom. The van der Waals surface area contributed by atoms with E-state index in [1.807, 2.05) is 12.4 Å². The average Bonchev–Trinajstić information content (AvgIpc) is 2.36. The normalized spacial score (nSPS) is 25.9. The number of aryl methyl sites for hydroxylation is 1. The van der Waals surface area contributed by atoms with Crippen LogP contribution in [0.2, 0.25) is 0 Å². The Bertz CT molecular complexity index is 375. The molecule has 1 aliphatic carbocycles. The van der Waals surface area contributed by atoms with E-state index in [1.165, 1.54) is 36.8 Å². The van der Waals surface area contributed by atoms with Gasteiger partial charge in [-0.1, -0.05) is 25.8 Å². The molecule has 0 radical (unpaired) electrons. The van der Waals surface area contributed by atoms with Crippen LogP contribution in [-0.2, 0) is 0 Å². The second-order valence-electron chi connectivity index (χ2n) is 6.06. The number of aromatic nitrogens is 1. The van der Waals surface area contributed by atoms with Gasteiger partial charge in [-0.05, 0) is 56.2 Å². The first-order valence-corrected chi connectivity index (χ1v) is 7.30. The largest absolute Gasteiger partial charge is 0.310 e. The Kier molecular flexibility index (Phi) is 4.76. The average molecular weight is 246 g/mol. The first-order chi connectivity index (χ1) is 8.65. The smallest absolute Gasteiger partial charge is 0.0315 e. The highest BCUT2D eigenvalue weighted by atomic mass is 14.9. The molecule has 3 atom stereocenters. The van der Waals surface area contributed by atoms with Gasteiger partial charge in [-0.25, -0.2) is 0 Å². The van der Waals surface area contributed by atoms with Gasteiger partial charge in [0.2, 0.25) is 0 Å². The molecular formula is C16H26N2. The summed E-state index contributed by atoms with van der Waals surface area (Å²) < 4.78 is 0. The topological polar surface area (TPSA) is 24.9 Å². The van der Waals surface area contributed by atoms with Gasteiger partial charge >= 0.3 is 0 Å². The Hall–Kier alpha value is -0.890. The van der Waals surface area contributed by atoms with E-state index in [-0.39, 0.29) is 0 Å². The molecule has 1 aromatic rings. The molecule has 0 aliphatic heterocycles. The van der Waals surface area contributed by atoms with Gasteiger partial charge in [0.15, 0.2) is 0 Å².